The fraction of sp³-hybridized carbons (Fsp3) is 0.562. The van der Waals surface area contributed by atoms with Gasteiger partial charge < -0.3 is 14.2 Å². The van der Waals surface area contributed by atoms with Crippen LogP contribution in [0.15, 0.2) is 30.3 Å². The Morgan fingerprint density at radius 3 is 2.75 bits per heavy atom. The molecule has 1 aromatic rings. The van der Waals surface area contributed by atoms with Crippen LogP contribution in [0.25, 0.3) is 0 Å². The highest BCUT2D eigenvalue weighted by molar-refractivity contribution is 5.71. The summed E-state index contributed by atoms with van der Waals surface area (Å²) in [6.07, 6.45) is 0.494. The van der Waals surface area contributed by atoms with Gasteiger partial charge in [0.25, 0.3) is 0 Å². The Bertz CT molecular complexity index is 443. The van der Waals surface area contributed by atoms with E-state index in [1.807, 2.05) is 51.1 Å². The highest BCUT2D eigenvalue weighted by Gasteiger charge is 2.37. The van der Waals surface area contributed by atoms with Crippen molar-refractivity contribution in [2.75, 3.05) is 13.2 Å². The van der Waals surface area contributed by atoms with Crippen molar-refractivity contribution in [1.29, 1.82) is 0 Å². The highest BCUT2D eigenvalue weighted by Crippen LogP contribution is 2.27. The molecule has 110 valence electrons. The van der Waals surface area contributed by atoms with Crippen molar-refractivity contribution >= 4 is 5.97 Å². The van der Waals surface area contributed by atoms with Crippen LogP contribution in [-0.4, -0.2) is 31.1 Å². The molecule has 1 aromatic carbocycles. The van der Waals surface area contributed by atoms with Crippen LogP contribution in [-0.2, 0) is 25.4 Å². The minimum atomic E-state index is -0.643. The summed E-state index contributed by atoms with van der Waals surface area (Å²) >= 11 is 0. The average Bonchev–Trinajstić information content (AvgIpc) is 2.78. The van der Waals surface area contributed by atoms with E-state index in [1.165, 1.54) is 0 Å². The summed E-state index contributed by atoms with van der Waals surface area (Å²) in [5.74, 6) is -0.964. The van der Waals surface area contributed by atoms with Gasteiger partial charge in [-0.05, 0) is 12.5 Å². The summed E-state index contributed by atoms with van der Waals surface area (Å²) in [6, 6.07) is 10.1. The van der Waals surface area contributed by atoms with Gasteiger partial charge in [-0.1, -0.05) is 44.2 Å². The molecule has 2 atom stereocenters. The Kier molecular flexibility index (Phi) is 4.78. The summed E-state index contributed by atoms with van der Waals surface area (Å²) < 4.78 is 16.8. The average molecular weight is 278 g/mol. The second kappa shape index (κ2) is 6.37. The number of ether oxygens (including phenoxy) is 3. The topological polar surface area (TPSA) is 44.8 Å². The summed E-state index contributed by atoms with van der Waals surface area (Å²) in [6.45, 7) is 6.25. The van der Waals surface area contributed by atoms with E-state index in [4.69, 9.17) is 14.2 Å². The number of esters is 1. The lowest BCUT2D eigenvalue weighted by atomic mass is 10.1. The molecular formula is C16H22O4. The molecule has 4 nitrogen and oxygen atoms in total. The van der Waals surface area contributed by atoms with Crippen molar-refractivity contribution in [3.05, 3.63) is 35.9 Å². The summed E-state index contributed by atoms with van der Waals surface area (Å²) in [4.78, 5) is 11.4. The molecule has 0 radical (unpaired) electrons. The minimum absolute atomic E-state index is 0.118. The van der Waals surface area contributed by atoms with E-state index in [2.05, 4.69) is 0 Å². The second-order valence-corrected chi connectivity index (χ2v) is 5.63. The van der Waals surface area contributed by atoms with Crippen molar-refractivity contribution in [3.8, 4) is 0 Å². The predicted molar refractivity (Wildman–Crippen MR) is 75.2 cm³/mol. The SMILES string of the molecule is CC(C)C(=O)OCC1COC(C)(Cc2ccccc2)O1. The van der Waals surface area contributed by atoms with Gasteiger partial charge in [0.05, 0.1) is 12.5 Å². The molecular weight excluding hydrogens is 256 g/mol. The first kappa shape index (κ1) is 15.0. The summed E-state index contributed by atoms with van der Waals surface area (Å²) in [7, 11) is 0. The molecule has 0 bridgehead atoms. The van der Waals surface area contributed by atoms with Gasteiger partial charge in [0.15, 0.2) is 5.79 Å². The zero-order valence-corrected chi connectivity index (χ0v) is 12.3. The minimum Gasteiger partial charge on any atom is -0.463 e. The third kappa shape index (κ3) is 4.05. The molecule has 1 heterocycles. The Hall–Kier alpha value is -1.39. The number of hydrogen-bond donors (Lipinski definition) is 0. The van der Waals surface area contributed by atoms with E-state index in [0.717, 1.165) is 5.56 Å². The molecule has 0 N–H and O–H groups in total. The molecule has 0 spiro atoms. The standard InChI is InChI=1S/C16H22O4/c1-12(2)15(17)18-10-14-11-19-16(3,20-14)9-13-7-5-4-6-8-13/h4-8,12,14H,9-11H2,1-3H3. The van der Waals surface area contributed by atoms with E-state index in [-0.39, 0.29) is 24.6 Å². The molecule has 0 aromatic heterocycles. The molecule has 20 heavy (non-hydrogen) atoms. The molecule has 0 amide bonds. The van der Waals surface area contributed by atoms with Gasteiger partial charge in [-0.2, -0.15) is 0 Å². The third-order valence-corrected chi connectivity index (χ3v) is 3.24. The first-order chi connectivity index (χ1) is 9.48. The predicted octanol–water partition coefficient (Wildman–Crippen LogP) is 2.56. The Labute approximate surface area is 120 Å². The number of rotatable bonds is 5. The van der Waals surface area contributed by atoms with E-state index in [0.29, 0.717) is 13.0 Å². The highest BCUT2D eigenvalue weighted by atomic mass is 16.7. The Morgan fingerprint density at radius 1 is 1.40 bits per heavy atom. The molecule has 1 saturated heterocycles. The van der Waals surface area contributed by atoms with Crippen LogP contribution in [0.4, 0.5) is 0 Å². The molecule has 1 aliphatic heterocycles. The largest absolute Gasteiger partial charge is 0.463 e. The van der Waals surface area contributed by atoms with Gasteiger partial charge >= 0.3 is 5.97 Å². The molecule has 2 unspecified atom stereocenters. The molecule has 1 aliphatic rings. The third-order valence-electron chi connectivity index (χ3n) is 3.24. The van der Waals surface area contributed by atoms with Crippen LogP contribution in [0.1, 0.15) is 26.3 Å². The van der Waals surface area contributed by atoms with Gasteiger partial charge in [-0.15, -0.1) is 0 Å². The second-order valence-electron chi connectivity index (χ2n) is 5.63. The van der Waals surface area contributed by atoms with Crippen LogP contribution in [0.3, 0.4) is 0 Å². The van der Waals surface area contributed by atoms with Crippen molar-refractivity contribution in [3.63, 3.8) is 0 Å². The zero-order chi connectivity index (χ0) is 14.6. The lowest BCUT2D eigenvalue weighted by Gasteiger charge is -2.23. The van der Waals surface area contributed by atoms with Crippen LogP contribution in [0.5, 0.6) is 0 Å². The first-order valence-corrected chi connectivity index (χ1v) is 7.01. The smallest absolute Gasteiger partial charge is 0.308 e. The number of benzene rings is 1. The van der Waals surface area contributed by atoms with Gasteiger partial charge in [-0.3, -0.25) is 4.79 Å². The molecule has 2 rings (SSSR count). The summed E-state index contributed by atoms with van der Waals surface area (Å²) in [5.41, 5.74) is 1.16. The monoisotopic (exact) mass is 278 g/mol. The number of hydrogen-bond acceptors (Lipinski definition) is 4. The maximum Gasteiger partial charge on any atom is 0.308 e. The Balaban J connectivity index is 1.83. The van der Waals surface area contributed by atoms with Crippen LogP contribution in [0.2, 0.25) is 0 Å². The molecule has 0 aliphatic carbocycles. The maximum absolute atomic E-state index is 11.4. The quantitative estimate of drug-likeness (QED) is 0.776. The van der Waals surface area contributed by atoms with Gasteiger partial charge in [0, 0.05) is 6.42 Å². The fourth-order valence-corrected chi connectivity index (χ4v) is 2.17. The lowest BCUT2D eigenvalue weighted by molar-refractivity contribution is -0.166. The lowest BCUT2D eigenvalue weighted by Crippen LogP contribution is -2.31. The van der Waals surface area contributed by atoms with Crippen molar-refractivity contribution in [1.82, 2.24) is 0 Å². The van der Waals surface area contributed by atoms with E-state index < -0.39 is 5.79 Å². The first-order valence-electron chi connectivity index (χ1n) is 7.01. The molecule has 1 fully saturated rings. The normalized spacial score (nSPS) is 25.9. The van der Waals surface area contributed by atoms with Crippen molar-refractivity contribution < 1.29 is 19.0 Å². The molecule has 0 saturated carbocycles. The van der Waals surface area contributed by atoms with Gasteiger partial charge in [-0.25, -0.2) is 0 Å². The number of carbonyl (C=O) groups excluding carboxylic acids is 1. The van der Waals surface area contributed by atoms with Gasteiger partial charge in [0.1, 0.15) is 12.7 Å². The number of carbonyl (C=O) groups is 1. The van der Waals surface area contributed by atoms with E-state index in [1.54, 1.807) is 0 Å². The zero-order valence-electron chi connectivity index (χ0n) is 12.3. The van der Waals surface area contributed by atoms with Crippen LogP contribution >= 0.6 is 0 Å². The maximum atomic E-state index is 11.4. The van der Waals surface area contributed by atoms with Crippen molar-refractivity contribution in [2.45, 2.75) is 39.1 Å². The van der Waals surface area contributed by atoms with Crippen LogP contribution < -0.4 is 0 Å². The fourth-order valence-electron chi connectivity index (χ4n) is 2.17. The van der Waals surface area contributed by atoms with Crippen molar-refractivity contribution in [2.24, 2.45) is 5.92 Å². The summed E-state index contributed by atoms with van der Waals surface area (Å²) in [5, 5.41) is 0. The van der Waals surface area contributed by atoms with Gasteiger partial charge in [0.2, 0.25) is 0 Å². The Morgan fingerprint density at radius 2 is 2.10 bits per heavy atom. The molecule has 4 heteroatoms. The van der Waals surface area contributed by atoms with E-state index in [9.17, 15) is 4.79 Å². The van der Waals surface area contributed by atoms with E-state index >= 15 is 0 Å². The van der Waals surface area contributed by atoms with Crippen LogP contribution in [0, 0.1) is 5.92 Å².